The number of hydrogen-bond acceptors (Lipinski definition) is 1. The van der Waals surface area contributed by atoms with Crippen LogP contribution in [0.5, 0.6) is 0 Å². The van der Waals surface area contributed by atoms with Gasteiger partial charge in [0.2, 0.25) is 0 Å². The van der Waals surface area contributed by atoms with Crippen LogP contribution in [-0.4, -0.2) is 35.7 Å². The van der Waals surface area contributed by atoms with Gasteiger partial charge < -0.3 is 4.90 Å². The summed E-state index contributed by atoms with van der Waals surface area (Å²) in [5, 5.41) is -0.0763. The fourth-order valence-corrected chi connectivity index (χ4v) is 1.94. The van der Waals surface area contributed by atoms with E-state index in [4.69, 9.17) is 34.8 Å². The Morgan fingerprint density at radius 1 is 1.24 bits per heavy atom. The summed E-state index contributed by atoms with van der Waals surface area (Å²) >= 11 is 16.8. The summed E-state index contributed by atoms with van der Waals surface area (Å²) in [5.41, 5.74) is -0.0623. The Hall–Kier alpha value is -0.510. The topological polar surface area (TPSA) is 20.3 Å². The van der Waals surface area contributed by atoms with Crippen LogP contribution in [-0.2, 0) is 0 Å². The Morgan fingerprint density at radius 3 is 2.35 bits per heavy atom. The molecule has 1 aromatic carbocycles. The minimum atomic E-state index is -0.715. The van der Waals surface area contributed by atoms with E-state index in [-0.39, 0.29) is 22.3 Å². The lowest BCUT2D eigenvalue weighted by molar-refractivity contribution is 0.0770. The number of rotatable bonds is 5. The zero-order chi connectivity index (χ0) is 12.8. The lowest BCUT2D eigenvalue weighted by Crippen LogP contribution is -2.35. The molecule has 94 valence electrons. The lowest BCUT2D eigenvalue weighted by atomic mass is 10.2. The molecular formula is C11H11Cl3FNO. The van der Waals surface area contributed by atoms with E-state index in [9.17, 15) is 9.18 Å². The molecule has 6 heteroatoms. The average Bonchev–Trinajstić information content (AvgIpc) is 2.31. The summed E-state index contributed by atoms with van der Waals surface area (Å²) in [6.07, 6.45) is 0. The monoisotopic (exact) mass is 297 g/mol. The number of amides is 1. The molecule has 0 N–H and O–H groups in total. The van der Waals surface area contributed by atoms with Gasteiger partial charge in [0.25, 0.3) is 5.91 Å². The highest BCUT2D eigenvalue weighted by molar-refractivity contribution is 6.31. The molecule has 0 atom stereocenters. The van der Waals surface area contributed by atoms with Gasteiger partial charge in [-0.15, -0.1) is 23.2 Å². The predicted octanol–water partition coefficient (Wildman–Crippen LogP) is 3.40. The van der Waals surface area contributed by atoms with E-state index < -0.39 is 11.7 Å². The standard InChI is InChI=1S/C11H11Cl3FNO/c12-4-6-16(7-5-13)11(17)8-2-1-3-9(14)10(8)15/h1-3H,4-7H2. The number of nitrogens with zero attached hydrogens (tertiary/aromatic N) is 1. The van der Waals surface area contributed by atoms with Crippen molar-refractivity contribution in [3.05, 3.63) is 34.6 Å². The summed E-state index contributed by atoms with van der Waals surface area (Å²) in [6, 6.07) is 4.30. The van der Waals surface area contributed by atoms with Gasteiger partial charge in [-0.2, -0.15) is 0 Å². The Labute approximate surface area is 114 Å². The third-order valence-electron chi connectivity index (χ3n) is 2.18. The van der Waals surface area contributed by atoms with Crippen molar-refractivity contribution >= 4 is 40.7 Å². The number of carbonyl (C=O) groups excluding carboxylic acids is 1. The van der Waals surface area contributed by atoms with Crippen molar-refractivity contribution in [1.82, 2.24) is 4.90 Å². The van der Waals surface area contributed by atoms with Gasteiger partial charge in [0.1, 0.15) is 0 Å². The van der Waals surface area contributed by atoms with Crippen LogP contribution in [0.25, 0.3) is 0 Å². The van der Waals surface area contributed by atoms with Crippen LogP contribution >= 0.6 is 34.8 Å². The Balaban J connectivity index is 2.96. The van der Waals surface area contributed by atoms with E-state index in [1.54, 1.807) is 0 Å². The maximum atomic E-state index is 13.6. The van der Waals surface area contributed by atoms with Crippen LogP contribution in [0, 0.1) is 5.82 Å². The highest BCUT2D eigenvalue weighted by Crippen LogP contribution is 2.19. The van der Waals surface area contributed by atoms with Crippen molar-refractivity contribution in [1.29, 1.82) is 0 Å². The molecule has 0 unspecified atom stereocenters. The number of hydrogen-bond donors (Lipinski definition) is 0. The number of alkyl halides is 2. The minimum absolute atomic E-state index is 0.0623. The van der Waals surface area contributed by atoms with E-state index in [0.717, 1.165) is 0 Å². The molecule has 0 bridgehead atoms. The van der Waals surface area contributed by atoms with Crippen molar-refractivity contribution in [2.45, 2.75) is 0 Å². The summed E-state index contributed by atoms with van der Waals surface area (Å²) in [7, 11) is 0. The first-order valence-corrected chi connectivity index (χ1v) is 6.41. The van der Waals surface area contributed by atoms with Gasteiger partial charge in [-0.1, -0.05) is 17.7 Å². The molecule has 0 aliphatic heterocycles. The quantitative estimate of drug-likeness (QED) is 0.763. The Kier molecular flexibility index (Phi) is 6.03. The SMILES string of the molecule is O=C(c1cccc(Cl)c1F)N(CCCl)CCCl. The smallest absolute Gasteiger partial charge is 0.256 e. The molecule has 0 aliphatic carbocycles. The molecule has 0 radical (unpaired) electrons. The van der Waals surface area contributed by atoms with Crippen molar-refractivity contribution in [2.24, 2.45) is 0 Å². The fraction of sp³-hybridized carbons (Fsp3) is 0.364. The van der Waals surface area contributed by atoms with Crippen LogP contribution in [0.1, 0.15) is 10.4 Å². The van der Waals surface area contributed by atoms with Crippen LogP contribution in [0.15, 0.2) is 18.2 Å². The van der Waals surface area contributed by atoms with E-state index in [1.807, 2.05) is 0 Å². The van der Waals surface area contributed by atoms with Crippen molar-refractivity contribution < 1.29 is 9.18 Å². The molecule has 1 rings (SSSR count). The van der Waals surface area contributed by atoms with Gasteiger partial charge >= 0.3 is 0 Å². The van der Waals surface area contributed by atoms with Gasteiger partial charge in [-0.3, -0.25) is 4.79 Å². The average molecular weight is 299 g/mol. The molecule has 0 heterocycles. The second kappa shape index (κ2) is 7.04. The molecule has 0 fully saturated rings. The molecule has 0 saturated carbocycles. The Morgan fingerprint density at radius 2 is 1.82 bits per heavy atom. The number of benzene rings is 1. The molecule has 1 amide bonds. The van der Waals surface area contributed by atoms with Gasteiger partial charge in [0, 0.05) is 24.8 Å². The van der Waals surface area contributed by atoms with Gasteiger partial charge in [0.05, 0.1) is 10.6 Å². The van der Waals surface area contributed by atoms with Crippen LogP contribution in [0.4, 0.5) is 4.39 Å². The number of carbonyl (C=O) groups is 1. The van der Waals surface area contributed by atoms with Crippen LogP contribution in [0.3, 0.4) is 0 Å². The third-order valence-corrected chi connectivity index (χ3v) is 2.81. The second-order valence-corrected chi connectivity index (χ2v) is 4.43. The molecule has 0 spiro atoms. The molecule has 1 aromatic rings. The number of halogens is 4. The zero-order valence-electron chi connectivity index (χ0n) is 8.93. The molecule has 0 aliphatic rings. The normalized spacial score (nSPS) is 10.4. The maximum absolute atomic E-state index is 13.6. The van der Waals surface area contributed by atoms with Crippen molar-refractivity contribution in [2.75, 3.05) is 24.8 Å². The predicted molar refractivity (Wildman–Crippen MR) is 68.8 cm³/mol. The second-order valence-electron chi connectivity index (χ2n) is 3.27. The van der Waals surface area contributed by atoms with Crippen LogP contribution < -0.4 is 0 Å². The van der Waals surface area contributed by atoms with Gasteiger partial charge in [0.15, 0.2) is 5.82 Å². The van der Waals surface area contributed by atoms with Gasteiger partial charge in [-0.25, -0.2) is 4.39 Å². The molecule has 0 saturated heterocycles. The van der Waals surface area contributed by atoms with Crippen LogP contribution in [0.2, 0.25) is 5.02 Å². The Bertz CT molecular complexity index is 394. The highest BCUT2D eigenvalue weighted by atomic mass is 35.5. The first kappa shape index (κ1) is 14.6. The van der Waals surface area contributed by atoms with E-state index in [0.29, 0.717) is 13.1 Å². The van der Waals surface area contributed by atoms with E-state index in [1.165, 1.54) is 23.1 Å². The van der Waals surface area contributed by atoms with E-state index in [2.05, 4.69) is 0 Å². The molecule has 17 heavy (non-hydrogen) atoms. The largest absolute Gasteiger partial charge is 0.336 e. The summed E-state index contributed by atoms with van der Waals surface area (Å²) in [5.74, 6) is -0.630. The molecule has 0 aromatic heterocycles. The lowest BCUT2D eigenvalue weighted by Gasteiger charge is -2.20. The van der Waals surface area contributed by atoms with Crippen molar-refractivity contribution in [3.8, 4) is 0 Å². The summed E-state index contributed by atoms with van der Waals surface area (Å²) < 4.78 is 13.6. The first-order chi connectivity index (χ1) is 8.11. The summed E-state index contributed by atoms with van der Waals surface area (Å²) in [6.45, 7) is 0.637. The molecular weight excluding hydrogens is 287 g/mol. The van der Waals surface area contributed by atoms with E-state index >= 15 is 0 Å². The highest BCUT2D eigenvalue weighted by Gasteiger charge is 2.19. The molecule has 2 nitrogen and oxygen atoms in total. The fourth-order valence-electron chi connectivity index (χ4n) is 1.36. The van der Waals surface area contributed by atoms with Crippen molar-refractivity contribution in [3.63, 3.8) is 0 Å². The first-order valence-electron chi connectivity index (χ1n) is 4.97. The van der Waals surface area contributed by atoms with Gasteiger partial charge in [-0.05, 0) is 12.1 Å². The minimum Gasteiger partial charge on any atom is -0.336 e. The third kappa shape index (κ3) is 3.73. The summed E-state index contributed by atoms with van der Waals surface area (Å²) in [4.78, 5) is 13.4. The maximum Gasteiger partial charge on any atom is 0.256 e. The zero-order valence-corrected chi connectivity index (χ0v) is 11.2.